The number of fused-ring (bicyclic) bond motifs is 1. The Hall–Kier alpha value is -3.80. The molecule has 4 rings (SSSR count). The number of para-hydroxylation sites is 1. The zero-order valence-electron chi connectivity index (χ0n) is 14.4. The monoisotopic (exact) mass is 399 g/mol. The van der Waals surface area contributed by atoms with E-state index in [-0.39, 0.29) is 16.4 Å². The minimum Gasteiger partial charge on any atom is -0.277 e. The van der Waals surface area contributed by atoms with E-state index in [1.54, 1.807) is 30.1 Å². The minimum absolute atomic E-state index is 0.0583. The van der Waals surface area contributed by atoms with Crippen LogP contribution in [0.1, 0.15) is 0 Å². The van der Waals surface area contributed by atoms with Crippen LogP contribution in [-0.2, 0) is 17.1 Å². The molecule has 4 aromatic rings. The number of hydrogen-bond donors (Lipinski definition) is 1. The first kappa shape index (κ1) is 17.6. The quantitative estimate of drug-likeness (QED) is 0.399. The first-order valence-corrected chi connectivity index (χ1v) is 9.42. The third kappa shape index (κ3) is 3.05. The van der Waals surface area contributed by atoms with Crippen molar-refractivity contribution in [2.45, 2.75) is 4.90 Å². The van der Waals surface area contributed by atoms with Crippen LogP contribution in [-0.4, -0.2) is 37.9 Å². The summed E-state index contributed by atoms with van der Waals surface area (Å²) in [6, 6.07) is 7.97. The summed E-state index contributed by atoms with van der Waals surface area (Å²) >= 11 is 0. The summed E-state index contributed by atoms with van der Waals surface area (Å²) in [5, 5.41) is 19.5. The van der Waals surface area contributed by atoms with Gasteiger partial charge in [-0.05, 0) is 18.2 Å². The van der Waals surface area contributed by atoms with E-state index in [1.165, 1.54) is 23.0 Å². The molecule has 12 heteroatoms. The molecule has 0 saturated carbocycles. The molecule has 1 N–H and O–H groups in total. The van der Waals surface area contributed by atoms with Crippen molar-refractivity contribution in [3.63, 3.8) is 0 Å². The predicted molar refractivity (Wildman–Crippen MR) is 99.5 cm³/mol. The number of nitro groups is 1. The standard InChI is InChI=1S/C16H13N7O4S/c1-21-16-11(7-18-21)3-2-4-14(16)20-28(26,27)13-5-6-15(17-9-13)22-10-12(8-19-22)23(24)25/h2-10,20H,1H3. The van der Waals surface area contributed by atoms with Gasteiger partial charge >= 0.3 is 5.69 Å². The lowest BCUT2D eigenvalue weighted by Crippen LogP contribution is -2.14. The number of anilines is 1. The highest BCUT2D eigenvalue weighted by molar-refractivity contribution is 7.92. The number of sulfonamides is 1. The number of pyridine rings is 1. The Kier molecular flexibility index (Phi) is 4.04. The van der Waals surface area contributed by atoms with Gasteiger partial charge in [-0.1, -0.05) is 12.1 Å². The van der Waals surface area contributed by atoms with E-state index < -0.39 is 14.9 Å². The highest BCUT2D eigenvalue weighted by Crippen LogP contribution is 2.25. The molecule has 0 aliphatic carbocycles. The van der Waals surface area contributed by atoms with Gasteiger partial charge in [0.05, 0.1) is 22.3 Å². The fourth-order valence-electron chi connectivity index (χ4n) is 2.72. The van der Waals surface area contributed by atoms with Crippen LogP contribution in [0.4, 0.5) is 11.4 Å². The van der Waals surface area contributed by atoms with Crippen LogP contribution >= 0.6 is 0 Å². The van der Waals surface area contributed by atoms with E-state index in [0.29, 0.717) is 11.2 Å². The summed E-state index contributed by atoms with van der Waals surface area (Å²) < 4.78 is 30.8. The van der Waals surface area contributed by atoms with Gasteiger partial charge in [0.15, 0.2) is 5.82 Å². The van der Waals surface area contributed by atoms with E-state index >= 15 is 0 Å². The van der Waals surface area contributed by atoms with Crippen LogP contribution in [0.3, 0.4) is 0 Å². The number of aromatic nitrogens is 5. The Balaban J connectivity index is 1.64. The Labute approximate surface area is 158 Å². The summed E-state index contributed by atoms with van der Waals surface area (Å²) in [4.78, 5) is 14.1. The van der Waals surface area contributed by atoms with Gasteiger partial charge in [0.2, 0.25) is 0 Å². The van der Waals surface area contributed by atoms with Gasteiger partial charge in [0, 0.05) is 18.6 Å². The number of rotatable bonds is 5. The van der Waals surface area contributed by atoms with Gasteiger partial charge in [-0.3, -0.25) is 19.5 Å². The van der Waals surface area contributed by atoms with Crippen molar-refractivity contribution < 1.29 is 13.3 Å². The molecule has 0 fully saturated rings. The van der Waals surface area contributed by atoms with Crippen LogP contribution in [0.25, 0.3) is 16.7 Å². The van der Waals surface area contributed by atoms with Gasteiger partial charge in [-0.15, -0.1) is 0 Å². The molecule has 0 saturated heterocycles. The molecule has 0 atom stereocenters. The molecule has 3 heterocycles. The molecule has 28 heavy (non-hydrogen) atoms. The van der Waals surface area contributed by atoms with Crippen molar-refractivity contribution in [1.29, 1.82) is 0 Å². The molecule has 0 amide bonds. The molecule has 3 aromatic heterocycles. The SMILES string of the molecule is Cn1ncc2cccc(NS(=O)(=O)c3ccc(-n4cc([N+](=O)[O-])cn4)nc3)c21. The summed E-state index contributed by atoms with van der Waals surface area (Å²) in [5.41, 5.74) is 0.855. The summed E-state index contributed by atoms with van der Waals surface area (Å²) in [6.45, 7) is 0. The van der Waals surface area contributed by atoms with E-state index in [9.17, 15) is 18.5 Å². The maximum absolute atomic E-state index is 12.7. The molecule has 0 aliphatic rings. The van der Waals surface area contributed by atoms with Crippen molar-refractivity contribution in [3.05, 3.63) is 65.2 Å². The molecular formula is C16H13N7O4S. The third-order valence-electron chi connectivity index (χ3n) is 4.05. The summed E-state index contributed by atoms with van der Waals surface area (Å²) in [7, 11) is -2.18. The van der Waals surface area contributed by atoms with Gasteiger partial charge in [-0.2, -0.15) is 10.2 Å². The fraction of sp³-hybridized carbons (Fsp3) is 0.0625. The zero-order valence-corrected chi connectivity index (χ0v) is 15.2. The van der Waals surface area contributed by atoms with Gasteiger partial charge in [0.1, 0.15) is 17.3 Å². The van der Waals surface area contributed by atoms with E-state index in [4.69, 9.17) is 0 Å². The average molecular weight is 399 g/mol. The second-order valence-electron chi connectivity index (χ2n) is 5.87. The van der Waals surface area contributed by atoms with E-state index in [1.807, 2.05) is 6.07 Å². The van der Waals surface area contributed by atoms with E-state index in [0.717, 1.165) is 17.8 Å². The molecule has 1 aromatic carbocycles. The number of nitrogens with zero attached hydrogens (tertiary/aromatic N) is 6. The first-order chi connectivity index (χ1) is 13.3. The highest BCUT2D eigenvalue weighted by Gasteiger charge is 2.18. The smallest absolute Gasteiger partial charge is 0.277 e. The molecule has 0 bridgehead atoms. The van der Waals surface area contributed by atoms with Crippen LogP contribution < -0.4 is 4.72 Å². The maximum Gasteiger partial charge on any atom is 0.307 e. The fourth-order valence-corrected chi connectivity index (χ4v) is 3.73. The van der Waals surface area contributed by atoms with Crippen molar-refractivity contribution in [1.82, 2.24) is 24.5 Å². The predicted octanol–water partition coefficient (Wildman–Crippen LogP) is 1.86. The third-order valence-corrected chi connectivity index (χ3v) is 5.40. The number of nitrogens with one attached hydrogen (secondary N) is 1. The van der Waals surface area contributed by atoms with Crippen LogP contribution in [0.15, 0.2) is 60.0 Å². The van der Waals surface area contributed by atoms with Crippen molar-refractivity contribution >= 4 is 32.3 Å². The largest absolute Gasteiger partial charge is 0.307 e. The lowest BCUT2D eigenvalue weighted by atomic mass is 10.2. The van der Waals surface area contributed by atoms with Gasteiger partial charge < -0.3 is 0 Å². The lowest BCUT2D eigenvalue weighted by Gasteiger charge is -2.10. The number of aryl methyl sites for hydroxylation is 1. The lowest BCUT2D eigenvalue weighted by molar-refractivity contribution is -0.384. The van der Waals surface area contributed by atoms with Crippen LogP contribution in [0.5, 0.6) is 0 Å². The number of hydrogen-bond acceptors (Lipinski definition) is 7. The van der Waals surface area contributed by atoms with E-state index in [2.05, 4.69) is 19.9 Å². The molecule has 0 radical (unpaired) electrons. The molecule has 11 nitrogen and oxygen atoms in total. The maximum atomic E-state index is 12.7. The molecule has 0 spiro atoms. The van der Waals surface area contributed by atoms with Crippen LogP contribution in [0.2, 0.25) is 0 Å². The molecule has 0 unspecified atom stereocenters. The molecule has 0 aliphatic heterocycles. The zero-order chi connectivity index (χ0) is 19.9. The Bertz CT molecular complexity index is 1290. The summed E-state index contributed by atoms with van der Waals surface area (Å²) in [5.74, 6) is 0.251. The topological polar surface area (TPSA) is 138 Å². The molecular weight excluding hydrogens is 386 g/mol. The first-order valence-electron chi connectivity index (χ1n) is 7.94. The Morgan fingerprint density at radius 3 is 2.61 bits per heavy atom. The highest BCUT2D eigenvalue weighted by atomic mass is 32.2. The van der Waals surface area contributed by atoms with Crippen molar-refractivity contribution in [2.24, 2.45) is 7.05 Å². The second kappa shape index (κ2) is 6.42. The summed E-state index contributed by atoms with van der Waals surface area (Å²) in [6.07, 6.45) is 5.08. The van der Waals surface area contributed by atoms with Crippen molar-refractivity contribution in [2.75, 3.05) is 4.72 Å². The normalized spacial score (nSPS) is 11.6. The van der Waals surface area contributed by atoms with Gasteiger partial charge in [-0.25, -0.2) is 18.1 Å². The van der Waals surface area contributed by atoms with Gasteiger partial charge in [0.25, 0.3) is 10.0 Å². The minimum atomic E-state index is -3.90. The second-order valence-corrected chi connectivity index (χ2v) is 7.55. The average Bonchev–Trinajstić information content (AvgIpc) is 3.30. The van der Waals surface area contributed by atoms with Crippen LogP contribution in [0, 0.1) is 10.1 Å². The molecule has 142 valence electrons. The Morgan fingerprint density at radius 1 is 1.11 bits per heavy atom. The van der Waals surface area contributed by atoms with Crippen molar-refractivity contribution in [3.8, 4) is 5.82 Å². The Morgan fingerprint density at radius 2 is 1.93 bits per heavy atom. The number of benzene rings is 1.